The summed E-state index contributed by atoms with van der Waals surface area (Å²) in [5.41, 5.74) is -0.868. The van der Waals surface area contributed by atoms with E-state index in [9.17, 15) is 22.4 Å². The summed E-state index contributed by atoms with van der Waals surface area (Å²) in [4.78, 5) is 23.1. The van der Waals surface area contributed by atoms with Gasteiger partial charge in [0.1, 0.15) is 11.4 Å². The highest BCUT2D eigenvalue weighted by molar-refractivity contribution is 7.89. The zero-order chi connectivity index (χ0) is 18.2. The van der Waals surface area contributed by atoms with Gasteiger partial charge in [-0.15, -0.1) is 0 Å². The SMILES string of the molecule is C[C@]1(CS(=O)(=O)N2CCC(c3ccccc3F)CC2)NC(=O)NC1=O. The lowest BCUT2D eigenvalue weighted by Gasteiger charge is -2.33. The van der Waals surface area contributed by atoms with Crippen LogP contribution in [0.25, 0.3) is 0 Å². The largest absolute Gasteiger partial charge is 0.322 e. The van der Waals surface area contributed by atoms with Gasteiger partial charge < -0.3 is 5.32 Å². The Kier molecular flexibility index (Phi) is 4.54. The number of benzene rings is 1. The van der Waals surface area contributed by atoms with Crippen molar-refractivity contribution >= 4 is 22.0 Å². The van der Waals surface area contributed by atoms with Crippen molar-refractivity contribution in [3.63, 3.8) is 0 Å². The number of piperidine rings is 1. The molecule has 25 heavy (non-hydrogen) atoms. The van der Waals surface area contributed by atoms with Crippen molar-refractivity contribution in [1.82, 2.24) is 14.9 Å². The van der Waals surface area contributed by atoms with Crippen LogP contribution in [0.5, 0.6) is 0 Å². The molecule has 2 fully saturated rings. The number of urea groups is 1. The quantitative estimate of drug-likeness (QED) is 0.772. The molecule has 0 unspecified atom stereocenters. The molecule has 2 aliphatic heterocycles. The average Bonchev–Trinajstić information content (AvgIpc) is 2.79. The minimum absolute atomic E-state index is 0.0299. The molecule has 0 radical (unpaired) electrons. The van der Waals surface area contributed by atoms with E-state index in [1.165, 1.54) is 17.3 Å². The molecule has 7 nitrogen and oxygen atoms in total. The number of carbonyl (C=O) groups is 2. The van der Waals surface area contributed by atoms with Crippen LogP contribution < -0.4 is 10.6 Å². The van der Waals surface area contributed by atoms with E-state index in [2.05, 4.69) is 10.6 Å². The van der Waals surface area contributed by atoms with Gasteiger partial charge in [0.2, 0.25) is 10.0 Å². The molecule has 9 heteroatoms. The van der Waals surface area contributed by atoms with Gasteiger partial charge in [0.15, 0.2) is 0 Å². The van der Waals surface area contributed by atoms with Gasteiger partial charge in [-0.3, -0.25) is 10.1 Å². The molecular formula is C16H20FN3O4S. The maximum Gasteiger partial charge on any atom is 0.322 e. The second kappa shape index (κ2) is 6.38. The second-order valence-electron chi connectivity index (χ2n) is 6.69. The van der Waals surface area contributed by atoms with E-state index < -0.39 is 33.3 Å². The number of rotatable bonds is 4. The Morgan fingerprint density at radius 1 is 1.24 bits per heavy atom. The zero-order valence-corrected chi connectivity index (χ0v) is 14.6. The molecule has 1 aromatic rings. The molecule has 2 heterocycles. The summed E-state index contributed by atoms with van der Waals surface area (Å²) in [5.74, 6) is -1.45. The fourth-order valence-electron chi connectivity index (χ4n) is 3.39. The van der Waals surface area contributed by atoms with Crippen molar-refractivity contribution in [2.45, 2.75) is 31.2 Å². The Balaban J connectivity index is 1.67. The van der Waals surface area contributed by atoms with Crippen LogP contribution in [0.3, 0.4) is 0 Å². The first kappa shape index (κ1) is 17.8. The molecule has 2 aliphatic rings. The van der Waals surface area contributed by atoms with Gasteiger partial charge in [-0.1, -0.05) is 18.2 Å². The van der Waals surface area contributed by atoms with Gasteiger partial charge in [-0.25, -0.2) is 21.9 Å². The van der Waals surface area contributed by atoms with Crippen molar-refractivity contribution in [2.24, 2.45) is 0 Å². The lowest BCUT2D eigenvalue weighted by molar-refractivity contribution is -0.122. The number of imide groups is 1. The maximum atomic E-state index is 13.9. The van der Waals surface area contributed by atoms with E-state index in [4.69, 9.17) is 0 Å². The van der Waals surface area contributed by atoms with Gasteiger partial charge in [-0.2, -0.15) is 0 Å². The molecule has 0 spiro atoms. The Hall–Kier alpha value is -2.00. The molecule has 3 rings (SSSR count). The number of amides is 3. The van der Waals surface area contributed by atoms with E-state index in [1.54, 1.807) is 18.2 Å². The first-order valence-corrected chi connectivity index (χ1v) is 9.68. The summed E-state index contributed by atoms with van der Waals surface area (Å²) in [6.45, 7) is 1.90. The van der Waals surface area contributed by atoms with Crippen LogP contribution in [0, 0.1) is 5.82 Å². The minimum atomic E-state index is -3.73. The second-order valence-corrected chi connectivity index (χ2v) is 8.66. The number of sulfonamides is 1. The molecule has 1 atom stereocenters. The van der Waals surface area contributed by atoms with Crippen molar-refractivity contribution in [2.75, 3.05) is 18.8 Å². The summed E-state index contributed by atoms with van der Waals surface area (Å²) >= 11 is 0. The van der Waals surface area contributed by atoms with Gasteiger partial charge in [0.25, 0.3) is 5.91 Å². The monoisotopic (exact) mass is 369 g/mol. The summed E-state index contributed by atoms with van der Waals surface area (Å²) in [6, 6.07) is 5.83. The molecule has 1 aromatic carbocycles. The molecule has 0 saturated carbocycles. The number of hydrogen-bond donors (Lipinski definition) is 2. The molecule has 2 saturated heterocycles. The summed E-state index contributed by atoms with van der Waals surface area (Å²) in [7, 11) is -3.73. The first-order chi connectivity index (χ1) is 11.7. The van der Waals surface area contributed by atoms with Crippen LogP contribution in [0.2, 0.25) is 0 Å². The number of nitrogens with zero attached hydrogens (tertiary/aromatic N) is 1. The fraction of sp³-hybridized carbons (Fsp3) is 0.500. The van der Waals surface area contributed by atoms with Crippen LogP contribution in [-0.2, 0) is 14.8 Å². The Bertz CT molecular complexity index is 805. The summed E-state index contributed by atoms with van der Waals surface area (Å²) in [5, 5.41) is 4.42. The third-order valence-corrected chi connectivity index (χ3v) is 6.88. The lowest BCUT2D eigenvalue weighted by Crippen LogP contribution is -2.53. The third-order valence-electron chi connectivity index (χ3n) is 4.78. The van der Waals surface area contributed by atoms with Gasteiger partial charge in [0, 0.05) is 13.1 Å². The maximum absolute atomic E-state index is 13.9. The number of nitrogens with one attached hydrogen (secondary N) is 2. The first-order valence-electron chi connectivity index (χ1n) is 8.07. The molecule has 2 N–H and O–H groups in total. The van der Waals surface area contributed by atoms with Crippen molar-refractivity contribution in [3.05, 3.63) is 35.6 Å². The normalized spacial score (nSPS) is 25.7. The molecule has 3 amide bonds. The number of hydrogen-bond acceptors (Lipinski definition) is 4. The number of halogens is 1. The number of carbonyl (C=O) groups excluding carboxylic acids is 2. The minimum Gasteiger partial charge on any atom is -0.322 e. The van der Waals surface area contributed by atoms with Gasteiger partial charge >= 0.3 is 6.03 Å². The Morgan fingerprint density at radius 3 is 2.44 bits per heavy atom. The smallest absolute Gasteiger partial charge is 0.322 e. The van der Waals surface area contributed by atoms with Gasteiger partial charge in [-0.05, 0) is 37.3 Å². The van der Waals surface area contributed by atoms with E-state index in [0.717, 1.165) is 0 Å². The van der Waals surface area contributed by atoms with Crippen LogP contribution in [-0.4, -0.2) is 49.0 Å². The van der Waals surface area contributed by atoms with Crippen LogP contribution in [0.4, 0.5) is 9.18 Å². The van der Waals surface area contributed by atoms with Crippen LogP contribution in [0.1, 0.15) is 31.2 Å². The molecule has 0 aliphatic carbocycles. The fourth-order valence-corrected chi connectivity index (χ4v) is 5.27. The average molecular weight is 369 g/mol. The predicted octanol–water partition coefficient (Wildman–Crippen LogP) is 0.933. The highest BCUT2D eigenvalue weighted by Gasteiger charge is 2.46. The zero-order valence-electron chi connectivity index (χ0n) is 13.8. The Morgan fingerprint density at radius 2 is 1.88 bits per heavy atom. The van der Waals surface area contributed by atoms with E-state index in [1.807, 2.05) is 0 Å². The van der Waals surface area contributed by atoms with Crippen LogP contribution in [0.15, 0.2) is 24.3 Å². The van der Waals surface area contributed by atoms with Crippen molar-refractivity contribution in [3.8, 4) is 0 Å². The van der Waals surface area contributed by atoms with E-state index in [-0.39, 0.29) is 24.8 Å². The molecule has 136 valence electrons. The summed E-state index contributed by atoms with van der Waals surface area (Å²) < 4.78 is 40.5. The van der Waals surface area contributed by atoms with Gasteiger partial charge in [0.05, 0.1) is 5.75 Å². The molecule has 0 bridgehead atoms. The molecule has 0 aromatic heterocycles. The third kappa shape index (κ3) is 3.52. The summed E-state index contributed by atoms with van der Waals surface area (Å²) in [6.07, 6.45) is 1.02. The predicted molar refractivity (Wildman–Crippen MR) is 88.8 cm³/mol. The van der Waals surface area contributed by atoms with Crippen molar-refractivity contribution in [1.29, 1.82) is 0 Å². The topological polar surface area (TPSA) is 95.6 Å². The van der Waals surface area contributed by atoms with Crippen LogP contribution >= 0.6 is 0 Å². The standard InChI is InChI=1S/C16H20FN3O4S/c1-16(14(21)18-15(22)19-16)10-25(23,24)20-8-6-11(7-9-20)12-4-2-3-5-13(12)17/h2-5,11H,6-10H2,1H3,(H2,18,19,21,22)/t16-/m1/s1. The molecular weight excluding hydrogens is 349 g/mol. The highest BCUT2D eigenvalue weighted by Crippen LogP contribution is 2.31. The Labute approximate surface area is 145 Å². The van der Waals surface area contributed by atoms with E-state index in [0.29, 0.717) is 18.4 Å². The lowest BCUT2D eigenvalue weighted by atomic mass is 9.90. The highest BCUT2D eigenvalue weighted by atomic mass is 32.2. The van der Waals surface area contributed by atoms with Crippen molar-refractivity contribution < 1.29 is 22.4 Å². The van der Waals surface area contributed by atoms with E-state index >= 15 is 0 Å².